The zero-order valence-corrected chi connectivity index (χ0v) is 13.0. The predicted octanol–water partition coefficient (Wildman–Crippen LogP) is 4.23. The monoisotopic (exact) mass is 281 g/mol. The van der Waals surface area contributed by atoms with Crippen molar-refractivity contribution in [3.63, 3.8) is 0 Å². The van der Waals surface area contributed by atoms with Gasteiger partial charge in [0.05, 0.1) is 0 Å². The number of hydrogen-bond donors (Lipinski definition) is 1. The molecule has 0 heterocycles. The van der Waals surface area contributed by atoms with Crippen LogP contribution in [0, 0.1) is 13.8 Å². The third-order valence-electron chi connectivity index (χ3n) is 3.76. The van der Waals surface area contributed by atoms with Crippen LogP contribution < -0.4 is 5.32 Å². The van der Waals surface area contributed by atoms with Crippen LogP contribution >= 0.6 is 0 Å². The molecule has 110 valence electrons. The Morgan fingerprint density at radius 3 is 2.24 bits per heavy atom. The molecule has 1 atom stereocenters. The Kier molecular flexibility index (Phi) is 5.15. The molecule has 0 fully saturated rings. The normalized spacial score (nSPS) is 12.0. The molecule has 1 amide bonds. The molecule has 1 unspecified atom stereocenters. The molecule has 0 spiro atoms. The number of aryl methyl sites for hydroxylation is 2. The third kappa shape index (κ3) is 4.19. The number of carbonyl (C=O) groups excluding carboxylic acids is 1. The zero-order valence-electron chi connectivity index (χ0n) is 13.0. The molecular formula is C19H23NO. The van der Waals surface area contributed by atoms with E-state index in [-0.39, 0.29) is 5.91 Å². The lowest BCUT2D eigenvalue weighted by Gasteiger charge is -2.16. The summed E-state index contributed by atoms with van der Waals surface area (Å²) in [5.41, 5.74) is 4.27. The van der Waals surface area contributed by atoms with Crippen molar-refractivity contribution in [3.05, 3.63) is 70.8 Å². The number of nitrogens with one attached hydrogen (secondary N) is 1. The standard InChI is InChI=1S/C19H23NO/c1-4-16(17-8-6-5-7-9-17)13-20-19(21)18-11-14(2)10-15(3)12-18/h5-12,16H,4,13H2,1-3H3,(H,20,21). The molecule has 0 aliphatic heterocycles. The quantitative estimate of drug-likeness (QED) is 0.873. The van der Waals surface area contributed by atoms with Gasteiger partial charge in [0, 0.05) is 18.0 Å². The number of carbonyl (C=O) groups is 1. The van der Waals surface area contributed by atoms with Gasteiger partial charge in [-0.1, -0.05) is 54.4 Å². The average Bonchev–Trinajstić information content (AvgIpc) is 2.47. The maximum absolute atomic E-state index is 12.3. The van der Waals surface area contributed by atoms with Crippen molar-refractivity contribution in [1.82, 2.24) is 5.32 Å². The summed E-state index contributed by atoms with van der Waals surface area (Å²) in [6.07, 6.45) is 1.01. The predicted molar refractivity (Wildman–Crippen MR) is 87.7 cm³/mol. The molecule has 0 saturated heterocycles. The van der Waals surface area contributed by atoms with Gasteiger partial charge < -0.3 is 5.32 Å². The van der Waals surface area contributed by atoms with Crippen LogP contribution in [0.25, 0.3) is 0 Å². The highest BCUT2D eigenvalue weighted by Gasteiger charge is 2.12. The molecule has 2 aromatic rings. The molecule has 2 aromatic carbocycles. The number of amides is 1. The summed E-state index contributed by atoms with van der Waals surface area (Å²) < 4.78 is 0. The van der Waals surface area contributed by atoms with Crippen molar-refractivity contribution < 1.29 is 4.79 Å². The Bertz CT molecular complexity index is 584. The van der Waals surface area contributed by atoms with Crippen LogP contribution in [0.4, 0.5) is 0 Å². The van der Waals surface area contributed by atoms with E-state index in [0.29, 0.717) is 12.5 Å². The Morgan fingerprint density at radius 1 is 1.05 bits per heavy atom. The van der Waals surface area contributed by atoms with E-state index in [2.05, 4.69) is 30.4 Å². The number of rotatable bonds is 5. The Morgan fingerprint density at radius 2 is 1.67 bits per heavy atom. The van der Waals surface area contributed by atoms with Gasteiger partial charge in [-0.05, 0) is 38.0 Å². The van der Waals surface area contributed by atoms with Crippen molar-refractivity contribution in [3.8, 4) is 0 Å². The van der Waals surface area contributed by atoms with Gasteiger partial charge >= 0.3 is 0 Å². The average molecular weight is 281 g/mol. The van der Waals surface area contributed by atoms with Crippen LogP contribution in [0.5, 0.6) is 0 Å². The SMILES string of the molecule is CCC(CNC(=O)c1cc(C)cc(C)c1)c1ccccc1. The summed E-state index contributed by atoms with van der Waals surface area (Å²) >= 11 is 0. The minimum Gasteiger partial charge on any atom is -0.351 e. The van der Waals surface area contributed by atoms with Gasteiger partial charge in [0.1, 0.15) is 0 Å². The maximum Gasteiger partial charge on any atom is 0.251 e. The minimum atomic E-state index is 0.0104. The fourth-order valence-corrected chi connectivity index (χ4v) is 2.65. The van der Waals surface area contributed by atoms with E-state index in [1.54, 1.807) is 0 Å². The van der Waals surface area contributed by atoms with Gasteiger partial charge in [0.25, 0.3) is 5.91 Å². The highest BCUT2D eigenvalue weighted by Crippen LogP contribution is 2.18. The summed E-state index contributed by atoms with van der Waals surface area (Å²) in [5.74, 6) is 0.372. The largest absolute Gasteiger partial charge is 0.351 e. The molecule has 0 aliphatic carbocycles. The first kappa shape index (κ1) is 15.3. The molecule has 2 heteroatoms. The van der Waals surface area contributed by atoms with Gasteiger partial charge in [-0.3, -0.25) is 4.79 Å². The van der Waals surface area contributed by atoms with Crippen molar-refractivity contribution in [2.45, 2.75) is 33.1 Å². The molecule has 0 bridgehead atoms. The van der Waals surface area contributed by atoms with Crippen molar-refractivity contribution in [2.24, 2.45) is 0 Å². The van der Waals surface area contributed by atoms with Crippen LogP contribution in [0.3, 0.4) is 0 Å². The highest BCUT2D eigenvalue weighted by atomic mass is 16.1. The second-order valence-electron chi connectivity index (χ2n) is 5.60. The van der Waals surface area contributed by atoms with Gasteiger partial charge in [-0.2, -0.15) is 0 Å². The van der Waals surface area contributed by atoms with Gasteiger partial charge in [0.15, 0.2) is 0 Å². The molecule has 0 aromatic heterocycles. The molecule has 2 nitrogen and oxygen atoms in total. The van der Waals surface area contributed by atoms with Gasteiger partial charge in [0.2, 0.25) is 0 Å². The Labute approximate surface area is 127 Å². The van der Waals surface area contributed by atoms with Crippen LogP contribution in [-0.2, 0) is 0 Å². The van der Waals surface area contributed by atoms with Crippen LogP contribution in [0.15, 0.2) is 48.5 Å². The lowest BCUT2D eigenvalue weighted by atomic mass is 9.96. The van der Waals surface area contributed by atoms with Crippen molar-refractivity contribution >= 4 is 5.91 Å². The van der Waals surface area contributed by atoms with Crippen molar-refractivity contribution in [2.75, 3.05) is 6.54 Å². The lowest BCUT2D eigenvalue weighted by Crippen LogP contribution is -2.28. The fraction of sp³-hybridized carbons (Fsp3) is 0.316. The van der Waals surface area contributed by atoms with E-state index in [0.717, 1.165) is 23.1 Å². The zero-order chi connectivity index (χ0) is 15.2. The molecule has 21 heavy (non-hydrogen) atoms. The maximum atomic E-state index is 12.3. The van der Waals surface area contributed by atoms with Gasteiger partial charge in [-0.15, -0.1) is 0 Å². The second kappa shape index (κ2) is 7.07. The first-order valence-electron chi connectivity index (χ1n) is 7.51. The Hall–Kier alpha value is -2.09. The van der Waals surface area contributed by atoms with E-state index in [1.165, 1.54) is 5.56 Å². The summed E-state index contributed by atoms with van der Waals surface area (Å²) in [6.45, 7) is 6.86. The molecule has 0 saturated carbocycles. The van der Waals surface area contributed by atoms with Crippen molar-refractivity contribution in [1.29, 1.82) is 0 Å². The number of benzene rings is 2. The van der Waals surface area contributed by atoms with E-state index in [4.69, 9.17) is 0 Å². The molecular weight excluding hydrogens is 258 g/mol. The van der Waals surface area contributed by atoms with Crippen LogP contribution in [-0.4, -0.2) is 12.5 Å². The summed E-state index contributed by atoms with van der Waals surface area (Å²) in [5, 5.41) is 3.06. The fourth-order valence-electron chi connectivity index (χ4n) is 2.65. The highest BCUT2D eigenvalue weighted by molar-refractivity contribution is 5.94. The molecule has 2 rings (SSSR count). The van der Waals surface area contributed by atoms with E-state index in [9.17, 15) is 4.79 Å². The topological polar surface area (TPSA) is 29.1 Å². The van der Waals surface area contributed by atoms with E-state index >= 15 is 0 Å². The third-order valence-corrected chi connectivity index (χ3v) is 3.76. The second-order valence-corrected chi connectivity index (χ2v) is 5.60. The van der Waals surface area contributed by atoms with Crippen LogP contribution in [0.1, 0.15) is 46.3 Å². The first-order valence-corrected chi connectivity index (χ1v) is 7.51. The molecule has 0 radical (unpaired) electrons. The molecule has 1 N–H and O–H groups in total. The minimum absolute atomic E-state index is 0.0104. The van der Waals surface area contributed by atoms with Gasteiger partial charge in [-0.25, -0.2) is 0 Å². The molecule has 0 aliphatic rings. The van der Waals surface area contributed by atoms with E-state index < -0.39 is 0 Å². The van der Waals surface area contributed by atoms with Crippen LogP contribution in [0.2, 0.25) is 0 Å². The Balaban J connectivity index is 2.02. The lowest BCUT2D eigenvalue weighted by molar-refractivity contribution is 0.0950. The smallest absolute Gasteiger partial charge is 0.251 e. The van der Waals surface area contributed by atoms with E-state index in [1.807, 2.05) is 44.2 Å². The first-order chi connectivity index (χ1) is 10.1. The summed E-state index contributed by atoms with van der Waals surface area (Å²) in [6, 6.07) is 16.3. The number of hydrogen-bond acceptors (Lipinski definition) is 1. The summed E-state index contributed by atoms with van der Waals surface area (Å²) in [4.78, 5) is 12.3. The summed E-state index contributed by atoms with van der Waals surface area (Å²) in [7, 11) is 0.